The molecule has 0 unspecified atom stereocenters. The van der Waals surface area contributed by atoms with Crippen molar-refractivity contribution >= 4 is 40.6 Å². The molecule has 1 aromatic carbocycles. The van der Waals surface area contributed by atoms with Crippen molar-refractivity contribution in [3.8, 4) is 0 Å². The minimum Gasteiger partial charge on any atom is -0.319 e. The summed E-state index contributed by atoms with van der Waals surface area (Å²) in [5, 5.41) is 3.33. The summed E-state index contributed by atoms with van der Waals surface area (Å²) in [6.45, 7) is 14.9. The van der Waals surface area contributed by atoms with Crippen LogP contribution in [0.25, 0.3) is 0 Å². The summed E-state index contributed by atoms with van der Waals surface area (Å²) in [6, 6.07) is 8.56. The third-order valence-corrected chi connectivity index (χ3v) is 8.35. The number of nitrogens with zero attached hydrogens (tertiary/aromatic N) is 4. The lowest BCUT2D eigenvalue weighted by molar-refractivity contribution is -0.119. The van der Waals surface area contributed by atoms with E-state index in [1.165, 1.54) is 38.8 Å². The fourth-order valence-electron chi connectivity index (χ4n) is 6.12. The Hall–Kier alpha value is -2.48. The molecule has 0 atom stereocenters. The number of halogens is 1. The molecular formula is C31H44ClN5O2. The number of hydrogen-bond donors (Lipinski definition) is 1. The molecule has 0 saturated carbocycles. The van der Waals surface area contributed by atoms with Gasteiger partial charge in [0.1, 0.15) is 0 Å². The van der Waals surface area contributed by atoms with Gasteiger partial charge in [-0.25, -0.2) is 4.98 Å². The second-order valence-electron chi connectivity index (χ2n) is 11.9. The predicted octanol–water partition coefficient (Wildman–Crippen LogP) is 6.61. The van der Waals surface area contributed by atoms with Crippen molar-refractivity contribution in [1.29, 1.82) is 0 Å². The van der Waals surface area contributed by atoms with Crippen molar-refractivity contribution in [1.82, 2.24) is 14.8 Å². The molecule has 212 valence electrons. The molecule has 2 aliphatic rings. The van der Waals surface area contributed by atoms with Crippen molar-refractivity contribution < 1.29 is 9.59 Å². The Morgan fingerprint density at radius 2 is 1.97 bits per heavy atom. The molecule has 0 radical (unpaired) electrons. The van der Waals surface area contributed by atoms with Crippen LogP contribution in [0, 0.1) is 11.3 Å². The molecule has 1 saturated heterocycles. The van der Waals surface area contributed by atoms with E-state index < -0.39 is 0 Å². The number of rotatable bonds is 11. The molecule has 0 aliphatic carbocycles. The molecule has 2 amide bonds. The van der Waals surface area contributed by atoms with Crippen LogP contribution in [-0.4, -0.2) is 65.9 Å². The van der Waals surface area contributed by atoms with Crippen LogP contribution in [-0.2, 0) is 4.79 Å². The second kappa shape index (κ2) is 13.2. The van der Waals surface area contributed by atoms with E-state index in [0.717, 1.165) is 32.5 Å². The first-order valence-electron chi connectivity index (χ1n) is 14.5. The Morgan fingerprint density at radius 3 is 2.69 bits per heavy atom. The molecule has 2 aromatic rings. The minimum atomic E-state index is -0.298. The third-order valence-electron chi connectivity index (χ3n) is 8.12. The summed E-state index contributed by atoms with van der Waals surface area (Å²) < 4.78 is 0. The van der Waals surface area contributed by atoms with Gasteiger partial charge in [0.05, 0.1) is 23.5 Å². The standard InChI is InChI=1S/C31H44ClN5O2/c1-5-15-31(3,4)22-35(6-2)17-8-9-23-13-18-36(19-14-23)21-28(38)37-27-12-11-24(32)20-25(27)30(39)34-26-10-7-16-33-29(26)37/h7,10-12,16,20,23H,5-6,8-9,13-15,17-19,21-22H2,1-4H3,(H,34,39). The third kappa shape index (κ3) is 7.59. The van der Waals surface area contributed by atoms with Crippen LogP contribution in [0.2, 0.25) is 5.02 Å². The van der Waals surface area contributed by atoms with E-state index >= 15 is 0 Å². The number of nitrogens with one attached hydrogen (secondary N) is 1. The fourth-order valence-corrected chi connectivity index (χ4v) is 6.30. The minimum absolute atomic E-state index is 0.0956. The number of anilines is 3. The highest BCUT2D eigenvalue weighted by Gasteiger charge is 2.32. The Morgan fingerprint density at radius 1 is 1.21 bits per heavy atom. The molecule has 1 aromatic heterocycles. The molecule has 4 rings (SSSR count). The number of carbonyl (C=O) groups is 2. The number of hydrogen-bond acceptors (Lipinski definition) is 5. The van der Waals surface area contributed by atoms with Crippen LogP contribution < -0.4 is 10.2 Å². The monoisotopic (exact) mass is 553 g/mol. The largest absolute Gasteiger partial charge is 0.319 e. The molecule has 1 N–H and O–H groups in total. The molecule has 1 fully saturated rings. The molecular weight excluding hydrogens is 510 g/mol. The highest BCUT2D eigenvalue weighted by Crippen LogP contribution is 2.37. The van der Waals surface area contributed by atoms with Gasteiger partial charge in [0, 0.05) is 17.8 Å². The first-order chi connectivity index (χ1) is 18.7. The van der Waals surface area contributed by atoms with Crippen molar-refractivity contribution in [3.63, 3.8) is 0 Å². The summed E-state index contributed by atoms with van der Waals surface area (Å²) in [7, 11) is 0. The maximum absolute atomic E-state index is 13.7. The number of likely N-dealkylation sites (tertiary alicyclic amines) is 1. The van der Waals surface area contributed by atoms with Crippen molar-refractivity contribution in [2.24, 2.45) is 11.3 Å². The highest BCUT2D eigenvalue weighted by molar-refractivity contribution is 6.31. The van der Waals surface area contributed by atoms with Gasteiger partial charge in [-0.05, 0) is 99.9 Å². The predicted molar refractivity (Wildman–Crippen MR) is 160 cm³/mol. The average molecular weight is 554 g/mol. The smallest absolute Gasteiger partial charge is 0.257 e. The summed E-state index contributed by atoms with van der Waals surface area (Å²) in [5.74, 6) is 0.758. The quantitative estimate of drug-likeness (QED) is 0.339. The van der Waals surface area contributed by atoms with Gasteiger partial charge < -0.3 is 10.2 Å². The second-order valence-corrected chi connectivity index (χ2v) is 12.3. The van der Waals surface area contributed by atoms with Gasteiger partial charge in [0.15, 0.2) is 5.82 Å². The van der Waals surface area contributed by atoms with Crippen LogP contribution >= 0.6 is 11.6 Å². The fraction of sp³-hybridized carbons (Fsp3) is 0.581. The van der Waals surface area contributed by atoms with Crippen molar-refractivity contribution in [3.05, 3.63) is 47.1 Å². The lowest BCUT2D eigenvalue weighted by Crippen LogP contribution is -2.42. The summed E-state index contributed by atoms with van der Waals surface area (Å²) in [5.41, 5.74) is 1.77. The van der Waals surface area contributed by atoms with Crippen molar-refractivity contribution in [2.75, 3.05) is 49.5 Å². The molecule has 39 heavy (non-hydrogen) atoms. The first-order valence-corrected chi connectivity index (χ1v) is 14.9. The maximum atomic E-state index is 13.7. The van der Waals surface area contributed by atoms with Gasteiger partial charge in [-0.15, -0.1) is 0 Å². The number of amides is 2. The topological polar surface area (TPSA) is 68.8 Å². The average Bonchev–Trinajstić information content (AvgIpc) is 3.02. The van der Waals surface area contributed by atoms with Crippen LogP contribution in [0.3, 0.4) is 0 Å². The van der Waals surface area contributed by atoms with Crippen LogP contribution in [0.1, 0.15) is 76.6 Å². The Bertz CT molecular complexity index is 1150. The van der Waals surface area contributed by atoms with Crippen LogP contribution in [0.5, 0.6) is 0 Å². The SMILES string of the molecule is CCCC(C)(C)CN(CC)CCCC1CCN(CC(=O)N2c3ccc(Cl)cc3C(=O)Nc3cccnc32)CC1. The number of pyridine rings is 1. The zero-order valence-electron chi connectivity index (χ0n) is 24.0. The van der Waals surface area contributed by atoms with E-state index in [1.54, 1.807) is 41.4 Å². The van der Waals surface area contributed by atoms with Crippen LogP contribution in [0.4, 0.5) is 17.2 Å². The van der Waals surface area contributed by atoms with Gasteiger partial charge in [-0.3, -0.25) is 19.4 Å². The first kappa shape index (κ1) is 29.5. The molecule has 0 spiro atoms. The molecule has 0 bridgehead atoms. The van der Waals surface area contributed by atoms with E-state index in [4.69, 9.17) is 11.6 Å². The van der Waals surface area contributed by atoms with Gasteiger partial charge in [-0.1, -0.05) is 45.7 Å². The maximum Gasteiger partial charge on any atom is 0.257 e. The zero-order chi connectivity index (χ0) is 28.0. The normalized spacial score (nSPS) is 16.6. The highest BCUT2D eigenvalue weighted by atomic mass is 35.5. The van der Waals surface area contributed by atoms with E-state index in [-0.39, 0.29) is 18.4 Å². The van der Waals surface area contributed by atoms with Gasteiger partial charge in [-0.2, -0.15) is 0 Å². The van der Waals surface area contributed by atoms with Gasteiger partial charge >= 0.3 is 0 Å². The van der Waals surface area contributed by atoms with Gasteiger partial charge in [0.25, 0.3) is 5.91 Å². The molecule has 7 nitrogen and oxygen atoms in total. The zero-order valence-corrected chi connectivity index (χ0v) is 24.8. The number of benzene rings is 1. The van der Waals surface area contributed by atoms with Crippen LogP contribution in [0.15, 0.2) is 36.5 Å². The number of carbonyl (C=O) groups excluding carboxylic acids is 2. The number of aromatic nitrogens is 1. The van der Waals surface area contributed by atoms with E-state index in [1.807, 2.05) is 0 Å². The summed E-state index contributed by atoms with van der Waals surface area (Å²) in [4.78, 5) is 37.5. The number of fused-ring (bicyclic) bond motifs is 2. The number of piperidine rings is 1. The van der Waals surface area contributed by atoms with E-state index in [9.17, 15) is 9.59 Å². The van der Waals surface area contributed by atoms with Crippen molar-refractivity contribution in [2.45, 2.75) is 66.2 Å². The Labute approximate surface area is 238 Å². The Kier molecular flexibility index (Phi) is 10.0. The molecule has 2 aliphatic heterocycles. The Balaban J connectivity index is 1.33. The molecule has 8 heteroatoms. The summed E-state index contributed by atoms with van der Waals surface area (Å²) >= 11 is 6.20. The van der Waals surface area contributed by atoms with Gasteiger partial charge in [0.2, 0.25) is 5.91 Å². The van der Waals surface area contributed by atoms with E-state index in [2.05, 4.69) is 47.8 Å². The summed E-state index contributed by atoms with van der Waals surface area (Å²) in [6.07, 6.45) is 8.86. The van der Waals surface area contributed by atoms with E-state index in [0.29, 0.717) is 39.1 Å². The lowest BCUT2D eigenvalue weighted by Gasteiger charge is -2.34. The molecule has 3 heterocycles. The lowest BCUT2D eigenvalue weighted by atomic mass is 9.87.